The SMILES string of the molecule is CN(Cc1ccccc1)c1oc(-c2ccc(S(=O)(=O)N3CCCC3)cc2)nc1C#N. The highest BCUT2D eigenvalue weighted by atomic mass is 32.2. The average Bonchev–Trinajstić information content (AvgIpc) is 3.45. The van der Waals surface area contributed by atoms with Gasteiger partial charge in [-0.1, -0.05) is 30.3 Å². The minimum Gasteiger partial charge on any atom is -0.419 e. The number of benzene rings is 2. The predicted octanol–water partition coefficient (Wildman–Crippen LogP) is 3.63. The number of aromatic nitrogens is 1. The van der Waals surface area contributed by atoms with Gasteiger partial charge in [0.2, 0.25) is 27.5 Å². The summed E-state index contributed by atoms with van der Waals surface area (Å²) in [6.45, 7) is 1.69. The van der Waals surface area contributed by atoms with Crippen molar-refractivity contribution in [1.29, 1.82) is 5.26 Å². The molecule has 7 nitrogen and oxygen atoms in total. The number of sulfonamides is 1. The van der Waals surface area contributed by atoms with Crippen LogP contribution < -0.4 is 4.90 Å². The molecular weight excluding hydrogens is 400 g/mol. The third kappa shape index (κ3) is 3.95. The molecule has 1 saturated heterocycles. The smallest absolute Gasteiger partial charge is 0.243 e. The summed E-state index contributed by atoms with van der Waals surface area (Å²) in [6, 6.07) is 18.4. The number of nitriles is 1. The number of anilines is 1. The highest BCUT2D eigenvalue weighted by Gasteiger charge is 2.27. The second kappa shape index (κ2) is 8.30. The fourth-order valence-electron chi connectivity index (χ4n) is 3.54. The Morgan fingerprint density at radius 1 is 1.10 bits per heavy atom. The second-order valence-electron chi connectivity index (χ2n) is 7.26. The Morgan fingerprint density at radius 3 is 2.40 bits per heavy atom. The lowest BCUT2D eigenvalue weighted by Gasteiger charge is -2.16. The summed E-state index contributed by atoms with van der Waals surface area (Å²) in [5, 5.41) is 9.48. The van der Waals surface area contributed by atoms with E-state index in [9.17, 15) is 13.7 Å². The van der Waals surface area contributed by atoms with Crippen LogP contribution in [0.25, 0.3) is 11.5 Å². The molecule has 0 bridgehead atoms. The largest absolute Gasteiger partial charge is 0.419 e. The van der Waals surface area contributed by atoms with E-state index in [-0.39, 0.29) is 16.5 Å². The highest BCUT2D eigenvalue weighted by Crippen LogP contribution is 2.30. The molecular formula is C22H22N4O3S. The Bertz CT molecular complexity index is 1160. The fraction of sp³-hybridized carbons (Fsp3) is 0.273. The predicted molar refractivity (Wildman–Crippen MR) is 113 cm³/mol. The molecule has 8 heteroatoms. The zero-order valence-electron chi connectivity index (χ0n) is 16.7. The normalized spacial score (nSPS) is 14.5. The summed E-state index contributed by atoms with van der Waals surface area (Å²) < 4.78 is 32.8. The number of oxazole rings is 1. The van der Waals surface area contributed by atoms with Crippen LogP contribution in [-0.4, -0.2) is 37.8 Å². The zero-order valence-corrected chi connectivity index (χ0v) is 17.5. The van der Waals surface area contributed by atoms with Gasteiger partial charge in [0, 0.05) is 32.2 Å². The molecule has 0 saturated carbocycles. The molecule has 0 radical (unpaired) electrons. The quantitative estimate of drug-likeness (QED) is 0.602. The van der Waals surface area contributed by atoms with E-state index in [4.69, 9.17) is 4.42 Å². The van der Waals surface area contributed by atoms with E-state index in [1.807, 2.05) is 42.3 Å². The topological polar surface area (TPSA) is 90.4 Å². The van der Waals surface area contributed by atoms with Crippen LogP contribution in [0.2, 0.25) is 0 Å². The van der Waals surface area contributed by atoms with Crippen LogP contribution in [0.5, 0.6) is 0 Å². The molecule has 2 heterocycles. The first-order valence-corrected chi connectivity index (χ1v) is 11.2. The summed E-state index contributed by atoms with van der Waals surface area (Å²) in [6.07, 6.45) is 1.79. The van der Waals surface area contributed by atoms with Crippen LogP contribution in [0.4, 0.5) is 5.88 Å². The maximum Gasteiger partial charge on any atom is 0.243 e. The third-order valence-electron chi connectivity index (χ3n) is 5.13. The Morgan fingerprint density at radius 2 is 1.77 bits per heavy atom. The molecule has 1 aliphatic heterocycles. The van der Waals surface area contributed by atoms with E-state index in [1.165, 1.54) is 4.31 Å². The molecule has 0 amide bonds. The molecule has 1 fully saturated rings. The lowest BCUT2D eigenvalue weighted by Crippen LogP contribution is -2.27. The molecule has 0 atom stereocenters. The van der Waals surface area contributed by atoms with E-state index >= 15 is 0 Å². The molecule has 0 unspecified atom stereocenters. The number of hydrogen-bond donors (Lipinski definition) is 0. The summed E-state index contributed by atoms with van der Waals surface area (Å²) in [7, 11) is -1.63. The lowest BCUT2D eigenvalue weighted by molar-refractivity contribution is 0.477. The first-order chi connectivity index (χ1) is 14.5. The molecule has 3 aromatic rings. The van der Waals surface area contributed by atoms with Gasteiger partial charge in [-0.15, -0.1) is 0 Å². The molecule has 4 rings (SSSR count). The molecule has 154 valence electrons. The fourth-order valence-corrected chi connectivity index (χ4v) is 5.06. The van der Waals surface area contributed by atoms with Crippen molar-refractivity contribution in [2.75, 3.05) is 25.0 Å². The van der Waals surface area contributed by atoms with E-state index in [0.717, 1.165) is 18.4 Å². The van der Waals surface area contributed by atoms with Crippen molar-refractivity contribution in [2.24, 2.45) is 0 Å². The van der Waals surface area contributed by atoms with Crippen LogP contribution in [0.15, 0.2) is 63.9 Å². The van der Waals surface area contributed by atoms with Crippen LogP contribution >= 0.6 is 0 Å². The van der Waals surface area contributed by atoms with Crippen molar-refractivity contribution < 1.29 is 12.8 Å². The van der Waals surface area contributed by atoms with Gasteiger partial charge in [-0.25, -0.2) is 8.42 Å². The Hall–Kier alpha value is -3.15. The zero-order chi connectivity index (χ0) is 21.1. The van der Waals surface area contributed by atoms with Crippen molar-refractivity contribution in [3.8, 4) is 17.5 Å². The van der Waals surface area contributed by atoms with Gasteiger partial charge in [0.25, 0.3) is 0 Å². The highest BCUT2D eigenvalue weighted by molar-refractivity contribution is 7.89. The van der Waals surface area contributed by atoms with Crippen molar-refractivity contribution in [3.05, 3.63) is 65.9 Å². The number of hydrogen-bond acceptors (Lipinski definition) is 6. The molecule has 0 N–H and O–H groups in total. The van der Waals surface area contributed by atoms with Gasteiger partial charge in [-0.05, 0) is 42.7 Å². The van der Waals surface area contributed by atoms with Gasteiger partial charge >= 0.3 is 0 Å². The summed E-state index contributed by atoms with van der Waals surface area (Å²) >= 11 is 0. The van der Waals surface area contributed by atoms with Gasteiger partial charge in [-0.3, -0.25) is 0 Å². The molecule has 0 spiro atoms. The Balaban J connectivity index is 1.58. The van der Waals surface area contributed by atoms with E-state index in [1.54, 1.807) is 24.3 Å². The van der Waals surface area contributed by atoms with Gasteiger partial charge in [-0.2, -0.15) is 14.6 Å². The van der Waals surface area contributed by atoms with Crippen LogP contribution in [0.1, 0.15) is 24.1 Å². The van der Waals surface area contributed by atoms with E-state index in [2.05, 4.69) is 11.1 Å². The molecule has 2 aromatic carbocycles. The van der Waals surface area contributed by atoms with Crippen LogP contribution in [0.3, 0.4) is 0 Å². The van der Waals surface area contributed by atoms with Crippen LogP contribution in [0, 0.1) is 11.3 Å². The van der Waals surface area contributed by atoms with Crippen molar-refractivity contribution in [2.45, 2.75) is 24.3 Å². The van der Waals surface area contributed by atoms with Gasteiger partial charge in [0.05, 0.1) is 4.90 Å². The molecule has 30 heavy (non-hydrogen) atoms. The first kappa shape index (κ1) is 20.1. The Kier molecular flexibility index (Phi) is 5.57. The van der Waals surface area contributed by atoms with Gasteiger partial charge in [0.1, 0.15) is 6.07 Å². The standard InChI is InChI=1S/C22H22N4O3S/c1-25(16-17-7-3-2-4-8-17)22-20(15-23)24-21(29-22)18-9-11-19(12-10-18)30(27,28)26-13-5-6-14-26/h2-4,7-12H,5-6,13-14,16H2,1H3. The van der Waals surface area contributed by atoms with Crippen molar-refractivity contribution in [3.63, 3.8) is 0 Å². The minimum atomic E-state index is -3.47. The van der Waals surface area contributed by atoms with Crippen molar-refractivity contribution >= 4 is 15.9 Å². The van der Waals surface area contributed by atoms with Gasteiger partial charge in [0.15, 0.2) is 0 Å². The molecule has 1 aromatic heterocycles. The summed E-state index contributed by atoms with van der Waals surface area (Å²) in [5.74, 6) is 0.664. The van der Waals surface area contributed by atoms with E-state index in [0.29, 0.717) is 31.1 Å². The van der Waals surface area contributed by atoms with Crippen LogP contribution in [-0.2, 0) is 16.6 Å². The maximum atomic E-state index is 12.7. The van der Waals surface area contributed by atoms with E-state index < -0.39 is 10.0 Å². The first-order valence-electron chi connectivity index (χ1n) is 9.75. The second-order valence-corrected chi connectivity index (χ2v) is 9.20. The summed E-state index contributed by atoms with van der Waals surface area (Å²) in [5.41, 5.74) is 1.89. The monoisotopic (exact) mass is 422 g/mol. The average molecular weight is 423 g/mol. The maximum absolute atomic E-state index is 12.7. The molecule has 1 aliphatic rings. The lowest BCUT2D eigenvalue weighted by atomic mass is 10.2. The van der Waals surface area contributed by atoms with Gasteiger partial charge < -0.3 is 9.32 Å². The minimum absolute atomic E-state index is 0.192. The van der Waals surface area contributed by atoms with Crippen molar-refractivity contribution in [1.82, 2.24) is 9.29 Å². The third-order valence-corrected chi connectivity index (χ3v) is 7.04. The molecule has 0 aliphatic carbocycles. The Labute approximate surface area is 176 Å². The number of rotatable bonds is 6. The number of nitrogens with zero attached hydrogens (tertiary/aromatic N) is 4. The summed E-state index contributed by atoms with van der Waals surface area (Å²) in [4.78, 5) is 6.38.